The molecule has 0 aliphatic heterocycles. The third kappa shape index (κ3) is 3.20. The highest BCUT2D eigenvalue weighted by Crippen LogP contribution is 2.48. The van der Waals surface area contributed by atoms with E-state index in [1.165, 1.54) is 12.8 Å². The minimum Gasteiger partial charge on any atom is -0.379 e. The van der Waals surface area contributed by atoms with E-state index in [1.54, 1.807) is 0 Å². The maximum atomic E-state index is 6.25. The van der Waals surface area contributed by atoms with Gasteiger partial charge in [-0.05, 0) is 31.6 Å². The minimum absolute atomic E-state index is 0.230. The second-order valence-electron chi connectivity index (χ2n) is 6.86. The van der Waals surface area contributed by atoms with Gasteiger partial charge >= 0.3 is 0 Å². The average Bonchev–Trinajstić information content (AvgIpc) is 2.95. The topological polar surface area (TPSA) is 74.2 Å². The normalized spacial score (nSPS) is 24.8. The van der Waals surface area contributed by atoms with E-state index in [1.807, 2.05) is 6.92 Å². The van der Waals surface area contributed by atoms with Crippen LogP contribution >= 0.6 is 0 Å². The van der Waals surface area contributed by atoms with Gasteiger partial charge in [-0.3, -0.25) is 0 Å². The Hall–Kier alpha value is -0.940. The number of rotatable bonds is 6. The van der Waals surface area contributed by atoms with Crippen LogP contribution in [-0.2, 0) is 10.3 Å². The van der Waals surface area contributed by atoms with Crippen LogP contribution in [0.5, 0.6) is 0 Å². The number of aromatic nitrogens is 2. The van der Waals surface area contributed by atoms with Crippen LogP contribution in [0.2, 0.25) is 0 Å². The number of hydrogen-bond donors (Lipinski definition) is 1. The first kappa shape index (κ1) is 15.4. The first-order valence-corrected chi connectivity index (χ1v) is 7.57. The van der Waals surface area contributed by atoms with Gasteiger partial charge < -0.3 is 15.0 Å². The van der Waals surface area contributed by atoms with Gasteiger partial charge in [0.1, 0.15) is 5.54 Å². The third-order valence-electron chi connectivity index (χ3n) is 4.26. The molecular weight excluding hydrogens is 254 g/mol. The van der Waals surface area contributed by atoms with Gasteiger partial charge in [-0.2, -0.15) is 4.98 Å². The van der Waals surface area contributed by atoms with Gasteiger partial charge in [0.2, 0.25) is 5.89 Å². The standard InChI is InChI=1S/C15H27N3O2/c1-5-9-19-10-15(4,16)13-17-12(20-18-13)11-7-6-8-14(11,2)3/h11H,5-10,16H2,1-4H3. The van der Waals surface area contributed by atoms with Crippen molar-refractivity contribution in [1.82, 2.24) is 10.1 Å². The Kier molecular flexibility index (Phi) is 4.49. The molecule has 1 fully saturated rings. The SMILES string of the molecule is CCCOCC(C)(N)c1noc(C2CCCC2(C)C)n1. The molecule has 1 saturated carbocycles. The molecule has 1 aromatic heterocycles. The fraction of sp³-hybridized carbons (Fsp3) is 0.867. The maximum Gasteiger partial charge on any atom is 0.230 e. The van der Waals surface area contributed by atoms with Crippen LogP contribution in [0.1, 0.15) is 71.0 Å². The quantitative estimate of drug-likeness (QED) is 0.811. The van der Waals surface area contributed by atoms with Gasteiger partial charge in [0, 0.05) is 12.5 Å². The fourth-order valence-electron chi connectivity index (χ4n) is 2.89. The molecule has 5 nitrogen and oxygen atoms in total. The van der Waals surface area contributed by atoms with E-state index < -0.39 is 5.54 Å². The summed E-state index contributed by atoms with van der Waals surface area (Å²) in [5.74, 6) is 1.62. The molecule has 1 aliphatic rings. The van der Waals surface area contributed by atoms with Crippen molar-refractivity contribution in [3.8, 4) is 0 Å². The van der Waals surface area contributed by atoms with Gasteiger partial charge in [-0.1, -0.05) is 32.3 Å². The summed E-state index contributed by atoms with van der Waals surface area (Å²) >= 11 is 0. The van der Waals surface area contributed by atoms with Crippen molar-refractivity contribution in [3.63, 3.8) is 0 Å². The lowest BCUT2D eigenvalue weighted by molar-refractivity contribution is 0.0867. The van der Waals surface area contributed by atoms with E-state index in [9.17, 15) is 0 Å². The first-order valence-electron chi connectivity index (χ1n) is 7.57. The Morgan fingerprint density at radius 3 is 2.85 bits per heavy atom. The zero-order valence-electron chi connectivity index (χ0n) is 13.1. The minimum atomic E-state index is -0.695. The highest BCUT2D eigenvalue weighted by molar-refractivity contribution is 5.08. The van der Waals surface area contributed by atoms with Crippen LogP contribution in [0, 0.1) is 5.41 Å². The zero-order chi connectivity index (χ0) is 14.8. The molecule has 1 heterocycles. The molecule has 2 atom stereocenters. The van der Waals surface area contributed by atoms with E-state index in [-0.39, 0.29) is 5.41 Å². The Morgan fingerprint density at radius 2 is 2.25 bits per heavy atom. The van der Waals surface area contributed by atoms with Crippen LogP contribution in [0.4, 0.5) is 0 Å². The van der Waals surface area contributed by atoms with E-state index in [0.717, 1.165) is 18.7 Å². The molecule has 20 heavy (non-hydrogen) atoms. The first-order chi connectivity index (χ1) is 9.37. The molecule has 0 aromatic carbocycles. The molecule has 0 amide bonds. The molecule has 0 spiro atoms. The van der Waals surface area contributed by atoms with Crippen LogP contribution in [-0.4, -0.2) is 23.4 Å². The van der Waals surface area contributed by atoms with Gasteiger partial charge in [-0.25, -0.2) is 0 Å². The summed E-state index contributed by atoms with van der Waals surface area (Å²) in [7, 11) is 0. The Bertz CT molecular complexity index is 440. The van der Waals surface area contributed by atoms with E-state index in [0.29, 0.717) is 25.0 Å². The van der Waals surface area contributed by atoms with Gasteiger partial charge in [-0.15, -0.1) is 0 Å². The van der Waals surface area contributed by atoms with Crippen molar-refractivity contribution in [2.24, 2.45) is 11.1 Å². The van der Waals surface area contributed by atoms with Crippen molar-refractivity contribution in [2.45, 2.75) is 64.8 Å². The Labute approximate surface area is 121 Å². The highest BCUT2D eigenvalue weighted by atomic mass is 16.5. The summed E-state index contributed by atoms with van der Waals surface area (Å²) in [4.78, 5) is 4.56. The predicted molar refractivity (Wildman–Crippen MR) is 77.3 cm³/mol. The van der Waals surface area contributed by atoms with E-state index in [2.05, 4.69) is 30.9 Å². The molecule has 1 aliphatic carbocycles. The summed E-state index contributed by atoms with van der Waals surface area (Å²) in [6, 6.07) is 0. The van der Waals surface area contributed by atoms with Crippen molar-refractivity contribution in [3.05, 3.63) is 11.7 Å². The van der Waals surface area contributed by atoms with Gasteiger partial charge in [0.15, 0.2) is 5.82 Å². The van der Waals surface area contributed by atoms with Crippen LogP contribution in [0.3, 0.4) is 0 Å². The molecule has 0 radical (unpaired) electrons. The van der Waals surface area contributed by atoms with Crippen molar-refractivity contribution in [2.75, 3.05) is 13.2 Å². The van der Waals surface area contributed by atoms with Gasteiger partial charge in [0.05, 0.1) is 6.61 Å². The lowest BCUT2D eigenvalue weighted by Gasteiger charge is -2.23. The van der Waals surface area contributed by atoms with Crippen LogP contribution in [0.15, 0.2) is 4.52 Å². The lowest BCUT2D eigenvalue weighted by atomic mass is 9.82. The Balaban J connectivity index is 2.08. The fourth-order valence-corrected chi connectivity index (χ4v) is 2.89. The van der Waals surface area contributed by atoms with Gasteiger partial charge in [0.25, 0.3) is 0 Å². The zero-order valence-corrected chi connectivity index (χ0v) is 13.1. The highest BCUT2D eigenvalue weighted by Gasteiger charge is 2.40. The molecule has 2 rings (SSSR count). The maximum absolute atomic E-state index is 6.25. The molecule has 0 bridgehead atoms. The average molecular weight is 281 g/mol. The number of nitrogens with zero attached hydrogens (tertiary/aromatic N) is 2. The van der Waals surface area contributed by atoms with Crippen LogP contribution in [0.25, 0.3) is 0 Å². The summed E-state index contributed by atoms with van der Waals surface area (Å²) in [6.45, 7) is 9.60. The second-order valence-corrected chi connectivity index (χ2v) is 6.86. The van der Waals surface area contributed by atoms with E-state index >= 15 is 0 Å². The van der Waals surface area contributed by atoms with Crippen molar-refractivity contribution >= 4 is 0 Å². The Morgan fingerprint density at radius 1 is 1.50 bits per heavy atom. The molecule has 5 heteroatoms. The molecule has 2 N–H and O–H groups in total. The summed E-state index contributed by atoms with van der Waals surface area (Å²) in [5.41, 5.74) is 5.78. The largest absolute Gasteiger partial charge is 0.379 e. The monoisotopic (exact) mass is 281 g/mol. The third-order valence-corrected chi connectivity index (χ3v) is 4.26. The van der Waals surface area contributed by atoms with E-state index in [4.69, 9.17) is 15.0 Å². The lowest BCUT2D eigenvalue weighted by Crippen LogP contribution is -2.39. The van der Waals surface area contributed by atoms with Crippen molar-refractivity contribution in [1.29, 1.82) is 0 Å². The molecule has 2 unspecified atom stereocenters. The molecular formula is C15H27N3O2. The molecule has 114 valence electrons. The number of nitrogens with two attached hydrogens (primary N) is 1. The summed E-state index contributed by atoms with van der Waals surface area (Å²) < 4.78 is 11.0. The second kappa shape index (κ2) is 5.82. The van der Waals surface area contributed by atoms with Crippen LogP contribution < -0.4 is 5.73 Å². The predicted octanol–water partition coefficient (Wildman–Crippen LogP) is 2.96. The molecule has 0 saturated heterocycles. The number of hydrogen-bond acceptors (Lipinski definition) is 5. The summed E-state index contributed by atoms with van der Waals surface area (Å²) in [5, 5.41) is 4.09. The molecule has 1 aromatic rings. The summed E-state index contributed by atoms with van der Waals surface area (Å²) in [6.07, 6.45) is 4.51. The number of ether oxygens (including phenoxy) is 1. The van der Waals surface area contributed by atoms with Crippen molar-refractivity contribution < 1.29 is 9.26 Å². The smallest absolute Gasteiger partial charge is 0.230 e.